The molecule has 1 unspecified atom stereocenters. The van der Waals surface area contributed by atoms with Crippen molar-refractivity contribution < 1.29 is 0 Å². The molecular formula is C15H14N4. The number of pyridine rings is 1. The molecule has 3 rings (SSSR count). The molecule has 0 amide bonds. The van der Waals surface area contributed by atoms with Crippen LogP contribution in [0.3, 0.4) is 0 Å². The molecule has 2 heterocycles. The summed E-state index contributed by atoms with van der Waals surface area (Å²) in [6, 6.07) is 13.7. The molecule has 94 valence electrons. The lowest BCUT2D eigenvalue weighted by Crippen LogP contribution is -2.15. The van der Waals surface area contributed by atoms with Crippen LogP contribution in [0, 0.1) is 0 Å². The van der Waals surface area contributed by atoms with E-state index in [1.165, 1.54) is 0 Å². The number of nitrogens with zero attached hydrogens (tertiary/aromatic N) is 3. The largest absolute Gasteiger partial charge is 0.319 e. The van der Waals surface area contributed by atoms with Crippen molar-refractivity contribution >= 4 is 0 Å². The maximum absolute atomic E-state index is 6.32. The molecule has 0 fully saturated rings. The fourth-order valence-corrected chi connectivity index (χ4v) is 2.09. The molecule has 0 radical (unpaired) electrons. The van der Waals surface area contributed by atoms with Crippen LogP contribution < -0.4 is 5.73 Å². The van der Waals surface area contributed by atoms with Gasteiger partial charge in [-0.05, 0) is 17.7 Å². The van der Waals surface area contributed by atoms with Crippen LogP contribution in [0.4, 0.5) is 0 Å². The Balaban J connectivity index is 2.01. The Labute approximate surface area is 111 Å². The van der Waals surface area contributed by atoms with E-state index in [1.807, 2.05) is 47.0 Å². The third kappa shape index (κ3) is 2.26. The molecule has 2 N–H and O–H groups in total. The second kappa shape index (κ2) is 5.04. The molecule has 0 saturated carbocycles. The summed E-state index contributed by atoms with van der Waals surface area (Å²) in [5.41, 5.74) is 9.35. The standard InChI is InChI=1S/C15H14N4/c16-15(12-4-2-1-3-5-12)14-10-18-11-19(14)13-6-8-17-9-7-13/h1-11,15H,16H2. The zero-order chi connectivity index (χ0) is 13.1. The van der Waals surface area contributed by atoms with Gasteiger partial charge in [0.2, 0.25) is 0 Å². The first-order chi connectivity index (χ1) is 9.36. The Morgan fingerprint density at radius 1 is 0.947 bits per heavy atom. The molecule has 0 aliphatic heterocycles. The third-order valence-electron chi connectivity index (χ3n) is 3.09. The maximum atomic E-state index is 6.32. The fraction of sp³-hybridized carbons (Fsp3) is 0.0667. The van der Waals surface area contributed by atoms with Gasteiger partial charge in [0.1, 0.15) is 0 Å². The van der Waals surface area contributed by atoms with Gasteiger partial charge < -0.3 is 10.3 Å². The molecule has 4 nitrogen and oxygen atoms in total. The summed E-state index contributed by atoms with van der Waals surface area (Å²) in [7, 11) is 0. The minimum Gasteiger partial charge on any atom is -0.319 e. The van der Waals surface area contributed by atoms with Gasteiger partial charge in [-0.3, -0.25) is 4.98 Å². The van der Waals surface area contributed by atoms with Crippen molar-refractivity contribution in [3.8, 4) is 5.69 Å². The lowest BCUT2D eigenvalue weighted by molar-refractivity contribution is 0.793. The minimum atomic E-state index is -0.197. The lowest BCUT2D eigenvalue weighted by atomic mass is 10.1. The summed E-state index contributed by atoms with van der Waals surface area (Å²) in [6.07, 6.45) is 7.09. The first-order valence-corrected chi connectivity index (χ1v) is 6.09. The number of nitrogens with two attached hydrogens (primary N) is 1. The van der Waals surface area contributed by atoms with Crippen LogP contribution in [-0.2, 0) is 0 Å². The van der Waals surface area contributed by atoms with Gasteiger partial charge in [-0.25, -0.2) is 4.98 Å². The third-order valence-corrected chi connectivity index (χ3v) is 3.09. The van der Waals surface area contributed by atoms with Crippen LogP contribution in [0.25, 0.3) is 5.69 Å². The van der Waals surface area contributed by atoms with Crippen LogP contribution in [0.2, 0.25) is 0 Å². The topological polar surface area (TPSA) is 56.7 Å². The SMILES string of the molecule is NC(c1ccccc1)c1cncn1-c1ccncc1. The van der Waals surface area contributed by atoms with Gasteiger partial charge in [-0.2, -0.15) is 0 Å². The van der Waals surface area contributed by atoms with Gasteiger partial charge in [-0.1, -0.05) is 30.3 Å². The maximum Gasteiger partial charge on any atom is 0.0994 e. The Morgan fingerprint density at radius 2 is 1.68 bits per heavy atom. The summed E-state index contributed by atoms with van der Waals surface area (Å²) < 4.78 is 1.99. The molecule has 1 aromatic carbocycles. The van der Waals surface area contributed by atoms with E-state index in [2.05, 4.69) is 9.97 Å². The molecule has 0 bridgehead atoms. The van der Waals surface area contributed by atoms with E-state index >= 15 is 0 Å². The molecule has 0 saturated heterocycles. The summed E-state index contributed by atoms with van der Waals surface area (Å²) >= 11 is 0. The predicted octanol–water partition coefficient (Wildman–Crippen LogP) is 2.32. The zero-order valence-electron chi connectivity index (χ0n) is 10.3. The molecule has 2 aromatic heterocycles. The average molecular weight is 250 g/mol. The number of aromatic nitrogens is 3. The van der Waals surface area contributed by atoms with Crippen molar-refractivity contribution in [3.05, 3.63) is 78.6 Å². The van der Waals surface area contributed by atoms with Crippen molar-refractivity contribution in [1.82, 2.24) is 14.5 Å². The Kier molecular flexibility index (Phi) is 3.08. The van der Waals surface area contributed by atoms with Crippen molar-refractivity contribution in [3.63, 3.8) is 0 Å². The highest BCUT2D eigenvalue weighted by atomic mass is 15.1. The van der Waals surface area contributed by atoms with E-state index in [4.69, 9.17) is 5.73 Å². The first kappa shape index (κ1) is 11.6. The van der Waals surface area contributed by atoms with Gasteiger partial charge in [0.25, 0.3) is 0 Å². The van der Waals surface area contributed by atoms with Crippen molar-refractivity contribution in [2.45, 2.75) is 6.04 Å². The van der Waals surface area contributed by atoms with E-state index in [0.717, 1.165) is 16.9 Å². The fourth-order valence-electron chi connectivity index (χ4n) is 2.09. The van der Waals surface area contributed by atoms with Crippen LogP contribution in [0.1, 0.15) is 17.3 Å². The summed E-state index contributed by atoms with van der Waals surface area (Å²) in [6.45, 7) is 0. The number of benzene rings is 1. The zero-order valence-corrected chi connectivity index (χ0v) is 10.3. The number of hydrogen-bond donors (Lipinski definition) is 1. The summed E-state index contributed by atoms with van der Waals surface area (Å²) in [4.78, 5) is 8.23. The first-order valence-electron chi connectivity index (χ1n) is 6.09. The molecule has 0 aliphatic carbocycles. The normalized spacial score (nSPS) is 12.3. The monoisotopic (exact) mass is 250 g/mol. The van der Waals surface area contributed by atoms with Crippen molar-refractivity contribution in [2.75, 3.05) is 0 Å². The van der Waals surface area contributed by atoms with E-state index in [1.54, 1.807) is 24.9 Å². The second-order valence-corrected chi connectivity index (χ2v) is 4.28. The van der Waals surface area contributed by atoms with Gasteiger partial charge in [0.15, 0.2) is 0 Å². The van der Waals surface area contributed by atoms with Gasteiger partial charge >= 0.3 is 0 Å². The Hall–Kier alpha value is -2.46. The number of hydrogen-bond acceptors (Lipinski definition) is 3. The number of imidazole rings is 1. The molecular weight excluding hydrogens is 236 g/mol. The second-order valence-electron chi connectivity index (χ2n) is 4.28. The van der Waals surface area contributed by atoms with Crippen LogP contribution in [0.5, 0.6) is 0 Å². The molecule has 4 heteroatoms. The molecule has 1 atom stereocenters. The van der Waals surface area contributed by atoms with E-state index in [0.29, 0.717) is 0 Å². The lowest BCUT2D eigenvalue weighted by Gasteiger charge is -2.15. The Morgan fingerprint density at radius 3 is 2.42 bits per heavy atom. The highest BCUT2D eigenvalue weighted by molar-refractivity contribution is 5.35. The van der Waals surface area contributed by atoms with Crippen LogP contribution in [0.15, 0.2) is 67.4 Å². The number of rotatable bonds is 3. The van der Waals surface area contributed by atoms with Gasteiger partial charge in [0.05, 0.1) is 24.3 Å². The minimum absolute atomic E-state index is 0.197. The molecule has 3 aromatic rings. The van der Waals surface area contributed by atoms with Crippen molar-refractivity contribution in [1.29, 1.82) is 0 Å². The quantitative estimate of drug-likeness (QED) is 0.776. The summed E-state index contributed by atoms with van der Waals surface area (Å²) in [5, 5.41) is 0. The van der Waals surface area contributed by atoms with E-state index in [9.17, 15) is 0 Å². The van der Waals surface area contributed by atoms with Gasteiger partial charge in [0, 0.05) is 18.1 Å². The van der Waals surface area contributed by atoms with Gasteiger partial charge in [-0.15, -0.1) is 0 Å². The molecule has 0 aliphatic rings. The van der Waals surface area contributed by atoms with E-state index < -0.39 is 0 Å². The Bertz CT molecular complexity index is 646. The summed E-state index contributed by atoms with van der Waals surface area (Å²) in [5.74, 6) is 0. The highest BCUT2D eigenvalue weighted by Gasteiger charge is 2.14. The molecule has 0 spiro atoms. The van der Waals surface area contributed by atoms with Crippen LogP contribution in [-0.4, -0.2) is 14.5 Å². The average Bonchev–Trinajstić information content (AvgIpc) is 2.98. The van der Waals surface area contributed by atoms with E-state index in [-0.39, 0.29) is 6.04 Å². The highest BCUT2D eigenvalue weighted by Crippen LogP contribution is 2.21. The molecule has 19 heavy (non-hydrogen) atoms. The predicted molar refractivity (Wildman–Crippen MR) is 73.8 cm³/mol. The van der Waals surface area contributed by atoms with Crippen LogP contribution >= 0.6 is 0 Å². The smallest absolute Gasteiger partial charge is 0.0994 e. The van der Waals surface area contributed by atoms with Crippen molar-refractivity contribution in [2.24, 2.45) is 5.73 Å².